The van der Waals surface area contributed by atoms with Gasteiger partial charge >= 0.3 is 0 Å². The molecular formula is C15H17NO2. The second-order valence-corrected chi connectivity index (χ2v) is 4.47. The summed E-state index contributed by atoms with van der Waals surface area (Å²) in [6.45, 7) is 5.75. The third-order valence-corrected chi connectivity index (χ3v) is 2.75. The van der Waals surface area contributed by atoms with Gasteiger partial charge in [-0.05, 0) is 44.5 Å². The van der Waals surface area contributed by atoms with Gasteiger partial charge in [-0.25, -0.2) is 0 Å². The number of aliphatic hydroxyl groups excluding tert-OH is 1. The molecule has 0 radical (unpaired) electrons. The molecule has 94 valence electrons. The van der Waals surface area contributed by atoms with E-state index in [2.05, 4.69) is 18.0 Å². The summed E-state index contributed by atoms with van der Waals surface area (Å²) in [6, 6.07) is 9.62. The number of hydrogen-bond donors (Lipinski definition) is 1. The molecule has 0 saturated carbocycles. The Kier molecular flexibility index (Phi) is 3.63. The molecule has 0 aliphatic carbocycles. The molecule has 1 heterocycles. The van der Waals surface area contributed by atoms with E-state index in [0.29, 0.717) is 11.4 Å². The highest BCUT2D eigenvalue weighted by atomic mass is 16.5. The number of rotatable bonds is 3. The first-order valence-electron chi connectivity index (χ1n) is 5.95. The zero-order valence-corrected chi connectivity index (χ0v) is 10.8. The number of pyridine rings is 1. The molecule has 1 aromatic carbocycles. The minimum Gasteiger partial charge on any atom is -0.455 e. The van der Waals surface area contributed by atoms with Crippen LogP contribution in [0.4, 0.5) is 0 Å². The number of hydrogen-bond acceptors (Lipinski definition) is 3. The Hall–Kier alpha value is -1.87. The molecular weight excluding hydrogens is 226 g/mol. The molecule has 0 bridgehead atoms. The second-order valence-electron chi connectivity index (χ2n) is 4.47. The van der Waals surface area contributed by atoms with Crippen molar-refractivity contribution in [1.29, 1.82) is 0 Å². The summed E-state index contributed by atoms with van der Waals surface area (Å²) in [5.41, 5.74) is 2.94. The maximum atomic E-state index is 9.38. The van der Waals surface area contributed by atoms with Crippen molar-refractivity contribution in [2.75, 3.05) is 0 Å². The molecule has 0 aliphatic heterocycles. The van der Waals surface area contributed by atoms with Crippen molar-refractivity contribution < 1.29 is 9.84 Å². The van der Waals surface area contributed by atoms with Gasteiger partial charge in [0.1, 0.15) is 11.5 Å². The minimum atomic E-state index is -0.555. The lowest BCUT2D eigenvalue weighted by molar-refractivity contribution is 0.194. The van der Waals surface area contributed by atoms with Crippen LogP contribution in [0.1, 0.15) is 29.8 Å². The summed E-state index contributed by atoms with van der Waals surface area (Å²) in [5, 5.41) is 9.38. The summed E-state index contributed by atoms with van der Waals surface area (Å²) in [5.74, 6) is 1.50. The molecule has 0 saturated heterocycles. The summed E-state index contributed by atoms with van der Waals surface area (Å²) in [4.78, 5) is 4.15. The van der Waals surface area contributed by atoms with Gasteiger partial charge in [-0.2, -0.15) is 0 Å². The molecule has 1 atom stereocenters. The third kappa shape index (κ3) is 2.87. The second kappa shape index (κ2) is 5.19. The Morgan fingerprint density at radius 2 is 1.94 bits per heavy atom. The predicted octanol–water partition coefficient (Wildman–Crippen LogP) is 3.54. The van der Waals surface area contributed by atoms with E-state index in [1.165, 1.54) is 5.56 Å². The van der Waals surface area contributed by atoms with Crippen LogP contribution in [0, 0.1) is 13.8 Å². The molecule has 18 heavy (non-hydrogen) atoms. The maximum Gasteiger partial charge on any atom is 0.145 e. The van der Waals surface area contributed by atoms with Crippen LogP contribution >= 0.6 is 0 Å². The van der Waals surface area contributed by atoms with Gasteiger partial charge in [0.2, 0.25) is 0 Å². The number of ether oxygens (including phenoxy) is 1. The van der Waals surface area contributed by atoms with Gasteiger partial charge in [0.25, 0.3) is 0 Å². The first kappa shape index (κ1) is 12.6. The predicted molar refractivity (Wildman–Crippen MR) is 70.9 cm³/mol. The lowest BCUT2D eigenvalue weighted by Crippen LogP contribution is -1.95. The summed E-state index contributed by atoms with van der Waals surface area (Å²) >= 11 is 0. The van der Waals surface area contributed by atoms with Crippen molar-refractivity contribution in [3.63, 3.8) is 0 Å². The number of benzene rings is 1. The van der Waals surface area contributed by atoms with Gasteiger partial charge in [-0.1, -0.05) is 17.7 Å². The van der Waals surface area contributed by atoms with Gasteiger partial charge in [-0.15, -0.1) is 0 Å². The molecule has 0 fully saturated rings. The molecule has 0 spiro atoms. The number of nitrogens with zero attached hydrogens (tertiary/aromatic N) is 1. The molecule has 3 nitrogen and oxygen atoms in total. The highest BCUT2D eigenvalue weighted by Crippen LogP contribution is 2.25. The topological polar surface area (TPSA) is 42.4 Å². The zero-order valence-electron chi connectivity index (χ0n) is 10.8. The zero-order chi connectivity index (χ0) is 13.1. The van der Waals surface area contributed by atoms with Crippen LogP contribution in [0.25, 0.3) is 0 Å². The van der Waals surface area contributed by atoms with Gasteiger partial charge in [-0.3, -0.25) is 4.98 Å². The van der Waals surface area contributed by atoms with Crippen LogP contribution in [-0.2, 0) is 0 Å². The maximum absolute atomic E-state index is 9.38. The van der Waals surface area contributed by atoms with E-state index in [1.807, 2.05) is 25.1 Å². The Balaban J connectivity index is 2.18. The minimum absolute atomic E-state index is 0.555. The Morgan fingerprint density at radius 3 is 2.50 bits per heavy atom. The molecule has 2 aromatic rings. The van der Waals surface area contributed by atoms with E-state index >= 15 is 0 Å². The fraction of sp³-hybridized carbons (Fsp3) is 0.267. The van der Waals surface area contributed by atoms with Crippen molar-refractivity contribution in [2.45, 2.75) is 26.9 Å². The standard InChI is InChI=1S/C15H17NO2/c1-10-4-7-15(11(2)8-10)18-13-5-6-14(12(3)17)16-9-13/h4-9,12,17H,1-3H3/t12-/m1/s1. The Bertz CT molecular complexity index is 533. The number of aryl methyl sites for hydroxylation is 2. The molecule has 0 aliphatic rings. The molecule has 0 unspecified atom stereocenters. The highest BCUT2D eigenvalue weighted by molar-refractivity contribution is 5.38. The van der Waals surface area contributed by atoms with E-state index < -0.39 is 6.10 Å². The van der Waals surface area contributed by atoms with E-state index in [9.17, 15) is 5.11 Å². The Labute approximate surface area is 107 Å². The molecule has 3 heteroatoms. The van der Waals surface area contributed by atoms with E-state index in [-0.39, 0.29) is 0 Å². The SMILES string of the molecule is Cc1ccc(Oc2ccc([C@@H](C)O)nc2)c(C)c1. The quantitative estimate of drug-likeness (QED) is 0.896. The van der Waals surface area contributed by atoms with Gasteiger partial charge in [0.05, 0.1) is 18.0 Å². The monoisotopic (exact) mass is 243 g/mol. The number of aromatic nitrogens is 1. The van der Waals surface area contributed by atoms with Gasteiger partial charge < -0.3 is 9.84 Å². The van der Waals surface area contributed by atoms with Crippen molar-refractivity contribution in [3.8, 4) is 11.5 Å². The molecule has 1 aromatic heterocycles. The smallest absolute Gasteiger partial charge is 0.145 e. The lowest BCUT2D eigenvalue weighted by atomic mass is 10.1. The number of aliphatic hydroxyl groups is 1. The van der Waals surface area contributed by atoms with Crippen molar-refractivity contribution >= 4 is 0 Å². The largest absolute Gasteiger partial charge is 0.455 e. The normalized spacial score (nSPS) is 12.2. The molecule has 1 N–H and O–H groups in total. The van der Waals surface area contributed by atoms with Gasteiger partial charge in [0.15, 0.2) is 0 Å². The average Bonchev–Trinajstić information content (AvgIpc) is 2.33. The first-order valence-corrected chi connectivity index (χ1v) is 5.95. The van der Waals surface area contributed by atoms with Crippen LogP contribution in [-0.4, -0.2) is 10.1 Å². The van der Waals surface area contributed by atoms with Crippen LogP contribution in [0.2, 0.25) is 0 Å². The Morgan fingerprint density at radius 1 is 1.17 bits per heavy atom. The van der Waals surface area contributed by atoms with E-state index in [4.69, 9.17) is 4.74 Å². The van der Waals surface area contributed by atoms with Crippen molar-refractivity contribution in [2.24, 2.45) is 0 Å². The van der Waals surface area contributed by atoms with E-state index in [1.54, 1.807) is 19.2 Å². The fourth-order valence-electron chi connectivity index (χ4n) is 1.74. The fourth-order valence-corrected chi connectivity index (χ4v) is 1.74. The highest BCUT2D eigenvalue weighted by Gasteiger charge is 2.04. The van der Waals surface area contributed by atoms with Crippen LogP contribution in [0.15, 0.2) is 36.5 Å². The lowest BCUT2D eigenvalue weighted by Gasteiger charge is -2.10. The van der Waals surface area contributed by atoms with Crippen LogP contribution < -0.4 is 4.74 Å². The van der Waals surface area contributed by atoms with Crippen LogP contribution in [0.3, 0.4) is 0 Å². The summed E-state index contributed by atoms with van der Waals surface area (Å²) in [6.07, 6.45) is 1.07. The first-order chi connectivity index (χ1) is 8.56. The van der Waals surface area contributed by atoms with E-state index in [0.717, 1.165) is 11.3 Å². The van der Waals surface area contributed by atoms with Gasteiger partial charge in [0, 0.05) is 0 Å². The molecule has 2 rings (SSSR count). The van der Waals surface area contributed by atoms with Crippen LogP contribution in [0.5, 0.6) is 11.5 Å². The van der Waals surface area contributed by atoms with Crippen molar-refractivity contribution in [1.82, 2.24) is 4.98 Å². The summed E-state index contributed by atoms with van der Waals surface area (Å²) < 4.78 is 5.75. The summed E-state index contributed by atoms with van der Waals surface area (Å²) in [7, 11) is 0. The molecule has 0 amide bonds. The third-order valence-electron chi connectivity index (χ3n) is 2.75. The van der Waals surface area contributed by atoms with Crippen molar-refractivity contribution in [3.05, 3.63) is 53.3 Å². The average molecular weight is 243 g/mol.